The van der Waals surface area contributed by atoms with E-state index in [0.29, 0.717) is 12.5 Å². The quantitative estimate of drug-likeness (QED) is 0.414. The highest BCUT2D eigenvalue weighted by Gasteiger charge is 2.06. The molecule has 1 unspecified atom stereocenters. The molecule has 0 bridgehead atoms. The molecule has 1 atom stereocenters. The topological polar surface area (TPSA) is 58.0 Å². The number of azide groups is 1. The van der Waals surface area contributed by atoms with Gasteiger partial charge >= 0.3 is 0 Å². The summed E-state index contributed by atoms with van der Waals surface area (Å²) in [5, 5.41) is 3.59. The molecule has 0 fully saturated rings. The number of benzene rings is 1. The molecule has 4 heteroatoms. The average Bonchev–Trinajstić information content (AvgIpc) is 2.36. The largest absolute Gasteiger partial charge is 0.496 e. The highest BCUT2D eigenvalue weighted by molar-refractivity contribution is 5.37. The number of ether oxygens (including phenoxy) is 1. The lowest BCUT2D eigenvalue weighted by atomic mass is 9.97. The van der Waals surface area contributed by atoms with Gasteiger partial charge in [-0.3, -0.25) is 0 Å². The normalized spacial score (nSPS) is 11.7. The van der Waals surface area contributed by atoms with E-state index in [1.807, 2.05) is 6.07 Å². The molecular weight excluding hydrogens is 214 g/mol. The van der Waals surface area contributed by atoms with Crippen molar-refractivity contribution >= 4 is 0 Å². The van der Waals surface area contributed by atoms with E-state index < -0.39 is 0 Å². The van der Waals surface area contributed by atoms with E-state index in [4.69, 9.17) is 10.3 Å². The highest BCUT2D eigenvalue weighted by atomic mass is 16.5. The van der Waals surface area contributed by atoms with Gasteiger partial charge in [-0.15, -0.1) is 0 Å². The van der Waals surface area contributed by atoms with E-state index in [9.17, 15) is 0 Å². The van der Waals surface area contributed by atoms with Crippen LogP contribution in [0.5, 0.6) is 5.75 Å². The molecule has 0 aromatic heterocycles. The van der Waals surface area contributed by atoms with Gasteiger partial charge in [-0.25, -0.2) is 0 Å². The number of methoxy groups -OCH3 is 1. The van der Waals surface area contributed by atoms with Gasteiger partial charge < -0.3 is 4.74 Å². The highest BCUT2D eigenvalue weighted by Crippen LogP contribution is 2.23. The summed E-state index contributed by atoms with van der Waals surface area (Å²) >= 11 is 0. The molecule has 0 amide bonds. The minimum Gasteiger partial charge on any atom is -0.496 e. The standard InChI is InChI=1S/C13H19N3O/c1-4-10(2)7-11-5-6-13(17-3)12(8-11)9-15-16-14/h5-6,8,10H,4,7,9H2,1-3H3. The molecule has 0 spiro atoms. The first-order chi connectivity index (χ1) is 8.21. The molecule has 0 N–H and O–H groups in total. The Labute approximate surface area is 102 Å². The summed E-state index contributed by atoms with van der Waals surface area (Å²) < 4.78 is 5.25. The fourth-order valence-corrected chi connectivity index (χ4v) is 1.74. The van der Waals surface area contributed by atoms with Crippen molar-refractivity contribution in [2.45, 2.75) is 33.2 Å². The Bertz CT molecular complexity index is 411. The third-order valence-corrected chi connectivity index (χ3v) is 2.93. The van der Waals surface area contributed by atoms with E-state index in [1.165, 1.54) is 5.56 Å². The van der Waals surface area contributed by atoms with Gasteiger partial charge in [-0.1, -0.05) is 37.5 Å². The van der Waals surface area contributed by atoms with Crippen LogP contribution in [0, 0.1) is 5.92 Å². The summed E-state index contributed by atoms with van der Waals surface area (Å²) in [4.78, 5) is 2.78. The lowest BCUT2D eigenvalue weighted by Crippen LogP contribution is -1.99. The molecule has 17 heavy (non-hydrogen) atoms. The van der Waals surface area contributed by atoms with Crippen LogP contribution in [0.4, 0.5) is 0 Å². The zero-order valence-electron chi connectivity index (χ0n) is 10.7. The van der Waals surface area contributed by atoms with Crippen LogP contribution in [0.2, 0.25) is 0 Å². The van der Waals surface area contributed by atoms with Gasteiger partial charge in [0.05, 0.1) is 13.7 Å². The molecule has 1 rings (SSSR count). The predicted octanol–water partition coefficient (Wildman–Crippen LogP) is 4.09. The summed E-state index contributed by atoms with van der Waals surface area (Å²) in [7, 11) is 1.63. The summed E-state index contributed by atoms with van der Waals surface area (Å²) in [5.74, 6) is 1.45. The van der Waals surface area contributed by atoms with Crippen molar-refractivity contribution in [3.8, 4) is 5.75 Å². The average molecular weight is 233 g/mol. The monoisotopic (exact) mass is 233 g/mol. The molecule has 4 nitrogen and oxygen atoms in total. The first-order valence-electron chi connectivity index (χ1n) is 5.87. The molecule has 1 aromatic rings. The van der Waals surface area contributed by atoms with E-state index >= 15 is 0 Å². The van der Waals surface area contributed by atoms with Crippen LogP contribution < -0.4 is 4.74 Å². The fraction of sp³-hybridized carbons (Fsp3) is 0.538. The minimum absolute atomic E-state index is 0.341. The van der Waals surface area contributed by atoms with Gasteiger partial charge in [0.25, 0.3) is 0 Å². The minimum atomic E-state index is 0.341. The smallest absolute Gasteiger partial charge is 0.122 e. The van der Waals surface area contributed by atoms with Crippen LogP contribution in [0.1, 0.15) is 31.4 Å². The third kappa shape index (κ3) is 4.00. The van der Waals surface area contributed by atoms with Crippen molar-refractivity contribution in [2.75, 3.05) is 7.11 Å². The van der Waals surface area contributed by atoms with Gasteiger partial charge in [0.15, 0.2) is 0 Å². The lowest BCUT2D eigenvalue weighted by Gasteiger charge is -2.12. The lowest BCUT2D eigenvalue weighted by molar-refractivity contribution is 0.409. The Balaban J connectivity index is 2.91. The van der Waals surface area contributed by atoms with Crippen molar-refractivity contribution in [3.05, 3.63) is 39.8 Å². The van der Waals surface area contributed by atoms with Gasteiger partial charge in [-0.05, 0) is 29.5 Å². The van der Waals surface area contributed by atoms with Crippen LogP contribution in [-0.4, -0.2) is 7.11 Å². The Hall–Kier alpha value is -1.67. The van der Waals surface area contributed by atoms with E-state index in [2.05, 4.69) is 36.0 Å². The van der Waals surface area contributed by atoms with Crippen LogP contribution in [0.15, 0.2) is 23.3 Å². The van der Waals surface area contributed by atoms with Crippen LogP contribution in [0.25, 0.3) is 10.4 Å². The Morgan fingerprint density at radius 1 is 1.47 bits per heavy atom. The zero-order chi connectivity index (χ0) is 12.7. The van der Waals surface area contributed by atoms with E-state index in [-0.39, 0.29) is 0 Å². The maximum atomic E-state index is 8.36. The second-order valence-electron chi connectivity index (χ2n) is 4.25. The molecule has 0 aliphatic heterocycles. The van der Waals surface area contributed by atoms with Crippen molar-refractivity contribution < 1.29 is 4.74 Å². The second kappa shape index (κ2) is 6.81. The van der Waals surface area contributed by atoms with E-state index in [1.54, 1.807) is 7.11 Å². The molecule has 0 saturated heterocycles. The molecule has 0 aliphatic carbocycles. The number of hydrogen-bond donors (Lipinski definition) is 0. The molecule has 0 radical (unpaired) electrons. The SMILES string of the molecule is CCC(C)Cc1ccc(OC)c(CN=[N+]=[N-])c1. The molecule has 0 saturated carbocycles. The van der Waals surface area contributed by atoms with Gasteiger partial charge in [0, 0.05) is 10.5 Å². The Morgan fingerprint density at radius 2 is 2.24 bits per heavy atom. The molecule has 0 aliphatic rings. The van der Waals surface area contributed by atoms with Gasteiger partial charge in [0.2, 0.25) is 0 Å². The van der Waals surface area contributed by atoms with E-state index in [0.717, 1.165) is 24.2 Å². The summed E-state index contributed by atoms with van der Waals surface area (Å²) in [5.41, 5.74) is 10.6. The molecular formula is C13H19N3O. The van der Waals surface area contributed by atoms with Crippen LogP contribution in [-0.2, 0) is 13.0 Å². The van der Waals surface area contributed by atoms with Crippen molar-refractivity contribution in [1.29, 1.82) is 0 Å². The fourth-order valence-electron chi connectivity index (χ4n) is 1.74. The summed E-state index contributed by atoms with van der Waals surface area (Å²) in [6, 6.07) is 6.09. The van der Waals surface area contributed by atoms with Gasteiger partial charge in [-0.2, -0.15) is 0 Å². The van der Waals surface area contributed by atoms with Crippen LogP contribution in [0.3, 0.4) is 0 Å². The molecule has 1 aromatic carbocycles. The first-order valence-corrected chi connectivity index (χ1v) is 5.87. The van der Waals surface area contributed by atoms with Crippen molar-refractivity contribution in [3.63, 3.8) is 0 Å². The first kappa shape index (κ1) is 13.4. The van der Waals surface area contributed by atoms with Gasteiger partial charge in [0.1, 0.15) is 5.75 Å². The molecule has 92 valence electrons. The zero-order valence-corrected chi connectivity index (χ0v) is 10.7. The summed E-state index contributed by atoms with van der Waals surface area (Å²) in [6.07, 6.45) is 2.21. The number of rotatable bonds is 6. The van der Waals surface area contributed by atoms with Crippen molar-refractivity contribution in [1.82, 2.24) is 0 Å². The predicted molar refractivity (Wildman–Crippen MR) is 69.0 cm³/mol. The van der Waals surface area contributed by atoms with Crippen LogP contribution >= 0.6 is 0 Å². The third-order valence-electron chi connectivity index (χ3n) is 2.93. The maximum absolute atomic E-state index is 8.36. The summed E-state index contributed by atoms with van der Waals surface area (Å²) in [6.45, 7) is 4.76. The molecule has 0 heterocycles. The number of nitrogens with zero attached hydrogens (tertiary/aromatic N) is 3. The maximum Gasteiger partial charge on any atom is 0.122 e. The Morgan fingerprint density at radius 3 is 2.82 bits per heavy atom. The van der Waals surface area contributed by atoms with Crippen molar-refractivity contribution in [2.24, 2.45) is 11.0 Å². The Kier molecular flexibility index (Phi) is 5.37. The second-order valence-corrected chi connectivity index (χ2v) is 4.25. The number of hydrogen-bond acceptors (Lipinski definition) is 2.